The third-order valence-electron chi connectivity index (χ3n) is 3.89. The summed E-state index contributed by atoms with van der Waals surface area (Å²) < 4.78 is 19.2. The van der Waals surface area contributed by atoms with Gasteiger partial charge in [0, 0.05) is 24.5 Å². The SMILES string of the molecule is CC[C@]1(c2ccccc2)OC(c2ccc(F)cc2)=NN1C(C)=O. The lowest BCUT2D eigenvalue weighted by Crippen LogP contribution is -2.43. The van der Waals surface area contributed by atoms with Gasteiger partial charge in [-0.15, -0.1) is 5.10 Å². The van der Waals surface area contributed by atoms with Crippen molar-refractivity contribution in [3.63, 3.8) is 0 Å². The molecule has 1 aliphatic heterocycles. The van der Waals surface area contributed by atoms with Gasteiger partial charge in [0.2, 0.25) is 17.5 Å². The number of ether oxygens (including phenoxy) is 1. The van der Waals surface area contributed by atoms with Crippen molar-refractivity contribution in [3.8, 4) is 0 Å². The number of benzene rings is 2. The number of hydrazone groups is 1. The number of hydrogen-bond acceptors (Lipinski definition) is 3. The Morgan fingerprint density at radius 2 is 1.83 bits per heavy atom. The molecule has 23 heavy (non-hydrogen) atoms. The van der Waals surface area contributed by atoms with E-state index in [0.29, 0.717) is 17.9 Å². The zero-order chi connectivity index (χ0) is 16.4. The molecule has 1 amide bonds. The Kier molecular flexibility index (Phi) is 3.86. The molecular weight excluding hydrogens is 295 g/mol. The Morgan fingerprint density at radius 3 is 2.39 bits per heavy atom. The molecule has 0 N–H and O–H groups in total. The lowest BCUT2D eigenvalue weighted by atomic mass is 9.99. The van der Waals surface area contributed by atoms with Crippen LogP contribution in [0.3, 0.4) is 0 Å². The van der Waals surface area contributed by atoms with Crippen molar-refractivity contribution in [2.45, 2.75) is 26.0 Å². The van der Waals surface area contributed by atoms with Crippen LogP contribution in [-0.2, 0) is 15.3 Å². The van der Waals surface area contributed by atoms with Gasteiger partial charge < -0.3 is 4.74 Å². The Balaban J connectivity index is 2.06. The lowest BCUT2D eigenvalue weighted by Gasteiger charge is -2.33. The zero-order valence-corrected chi connectivity index (χ0v) is 13.0. The Hall–Kier alpha value is -2.69. The van der Waals surface area contributed by atoms with E-state index in [1.54, 1.807) is 12.1 Å². The maximum Gasteiger partial charge on any atom is 0.243 e. The first-order chi connectivity index (χ1) is 11.1. The molecule has 4 nitrogen and oxygen atoms in total. The van der Waals surface area contributed by atoms with Crippen LogP contribution in [0.15, 0.2) is 59.7 Å². The number of rotatable bonds is 3. The summed E-state index contributed by atoms with van der Waals surface area (Å²) in [6, 6.07) is 15.4. The lowest BCUT2D eigenvalue weighted by molar-refractivity contribution is -0.149. The maximum atomic E-state index is 13.1. The summed E-state index contributed by atoms with van der Waals surface area (Å²) in [7, 11) is 0. The molecule has 3 rings (SSSR count). The van der Waals surface area contributed by atoms with Crippen LogP contribution < -0.4 is 0 Å². The number of carbonyl (C=O) groups excluding carboxylic acids is 1. The first kappa shape index (κ1) is 15.2. The maximum absolute atomic E-state index is 13.1. The normalized spacial score (nSPS) is 20.1. The van der Waals surface area contributed by atoms with E-state index >= 15 is 0 Å². The average molecular weight is 312 g/mol. The molecule has 0 fully saturated rings. The molecule has 1 atom stereocenters. The van der Waals surface area contributed by atoms with Gasteiger partial charge in [-0.25, -0.2) is 4.39 Å². The molecule has 118 valence electrons. The first-order valence-electron chi connectivity index (χ1n) is 7.46. The average Bonchev–Trinajstić information content (AvgIpc) is 2.98. The Morgan fingerprint density at radius 1 is 1.17 bits per heavy atom. The highest BCUT2D eigenvalue weighted by atomic mass is 19.1. The number of amides is 1. The molecule has 2 aromatic rings. The quantitative estimate of drug-likeness (QED) is 0.868. The molecule has 0 aromatic heterocycles. The van der Waals surface area contributed by atoms with Crippen molar-refractivity contribution >= 4 is 11.8 Å². The van der Waals surface area contributed by atoms with Crippen LogP contribution in [0.4, 0.5) is 4.39 Å². The van der Waals surface area contributed by atoms with Crippen molar-refractivity contribution in [1.82, 2.24) is 5.01 Å². The van der Waals surface area contributed by atoms with E-state index < -0.39 is 5.72 Å². The summed E-state index contributed by atoms with van der Waals surface area (Å²) in [5.74, 6) is -0.237. The van der Waals surface area contributed by atoms with E-state index in [4.69, 9.17) is 4.74 Å². The van der Waals surface area contributed by atoms with Crippen LogP contribution in [0.25, 0.3) is 0 Å². The predicted molar refractivity (Wildman–Crippen MR) is 85.0 cm³/mol. The second-order valence-corrected chi connectivity index (χ2v) is 5.35. The number of nitrogens with zero attached hydrogens (tertiary/aromatic N) is 2. The molecule has 0 radical (unpaired) electrons. The minimum Gasteiger partial charge on any atom is -0.443 e. The fourth-order valence-corrected chi connectivity index (χ4v) is 2.73. The van der Waals surface area contributed by atoms with Crippen molar-refractivity contribution in [2.24, 2.45) is 5.10 Å². The molecular formula is C18H17FN2O2. The standard InChI is InChI=1S/C18H17FN2O2/c1-3-18(15-7-5-4-6-8-15)21(13(2)22)20-17(23-18)14-9-11-16(19)12-10-14/h4-12H,3H2,1-2H3/t18-/m1/s1. The summed E-state index contributed by atoms with van der Waals surface area (Å²) in [5, 5.41) is 5.71. The molecule has 0 spiro atoms. The molecule has 0 bridgehead atoms. The third kappa shape index (κ3) is 2.59. The van der Waals surface area contributed by atoms with Gasteiger partial charge in [0.1, 0.15) is 5.82 Å². The van der Waals surface area contributed by atoms with Gasteiger partial charge in [-0.2, -0.15) is 5.01 Å². The van der Waals surface area contributed by atoms with E-state index in [1.165, 1.54) is 24.1 Å². The van der Waals surface area contributed by atoms with Crippen LogP contribution in [0.2, 0.25) is 0 Å². The van der Waals surface area contributed by atoms with Crippen molar-refractivity contribution in [1.29, 1.82) is 0 Å². The highest BCUT2D eigenvalue weighted by Gasteiger charge is 2.47. The summed E-state index contributed by atoms with van der Waals surface area (Å²) >= 11 is 0. The van der Waals surface area contributed by atoms with Crippen molar-refractivity contribution in [3.05, 3.63) is 71.5 Å². The number of halogens is 1. The molecule has 0 saturated heterocycles. The number of carbonyl (C=O) groups is 1. The van der Waals surface area contributed by atoms with Crippen molar-refractivity contribution < 1.29 is 13.9 Å². The second-order valence-electron chi connectivity index (χ2n) is 5.35. The van der Waals surface area contributed by atoms with Crippen LogP contribution in [0, 0.1) is 5.82 Å². The molecule has 2 aromatic carbocycles. The van der Waals surface area contributed by atoms with Gasteiger partial charge in [0.25, 0.3) is 0 Å². The van der Waals surface area contributed by atoms with Crippen LogP contribution in [-0.4, -0.2) is 16.8 Å². The Labute approximate surface area is 134 Å². The molecule has 1 aliphatic rings. The number of hydrogen-bond donors (Lipinski definition) is 0. The monoisotopic (exact) mass is 312 g/mol. The fourth-order valence-electron chi connectivity index (χ4n) is 2.73. The highest BCUT2D eigenvalue weighted by Crippen LogP contribution is 2.39. The van der Waals surface area contributed by atoms with Crippen LogP contribution >= 0.6 is 0 Å². The van der Waals surface area contributed by atoms with Gasteiger partial charge in [-0.3, -0.25) is 4.79 Å². The smallest absolute Gasteiger partial charge is 0.243 e. The molecule has 0 saturated carbocycles. The summed E-state index contributed by atoms with van der Waals surface area (Å²) in [5.41, 5.74) is 0.499. The van der Waals surface area contributed by atoms with Gasteiger partial charge in [-0.05, 0) is 24.3 Å². The Bertz CT molecular complexity index is 743. The third-order valence-corrected chi connectivity index (χ3v) is 3.89. The minimum absolute atomic E-state index is 0.215. The van der Waals surface area contributed by atoms with Crippen LogP contribution in [0.5, 0.6) is 0 Å². The van der Waals surface area contributed by atoms with E-state index in [1.807, 2.05) is 37.3 Å². The fraction of sp³-hybridized carbons (Fsp3) is 0.222. The predicted octanol–water partition coefficient (Wildman–Crippen LogP) is 3.63. The topological polar surface area (TPSA) is 41.9 Å². The highest BCUT2D eigenvalue weighted by molar-refractivity contribution is 5.96. The minimum atomic E-state index is -0.975. The van der Waals surface area contributed by atoms with Gasteiger partial charge in [0.15, 0.2) is 0 Å². The summed E-state index contributed by atoms with van der Waals surface area (Å²) in [4.78, 5) is 12.1. The molecule has 1 heterocycles. The van der Waals surface area contributed by atoms with E-state index in [9.17, 15) is 9.18 Å². The zero-order valence-electron chi connectivity index (χ0n) is 13.0. The molecule has 0 aliphatic carbocycles. The van der Waals surface area contributed by atoms with Gasteiger partial charge >= 0.3 is 0 Å². The largest absolute Gasteiger partial charge is 0.443 e. The van der Waals surface area contributed by atoms with Crippen LogP contribution in [0.1, 0.15) is 31.4 Å². The molecule has 0 unspecified atom stereocenters. The van der Waals surface area contributed by atoms with Crippen molar-refractivity contribution in [2.75, 3.05) is 0 Å². The second kappa shape index (κ2) is 5.83. The molecule has 5 heteroatoms. The van der Waals surface area contributed by atoms with E-state index in [0.717, 1.165) is 5.56 Å². The van der Waals surface area contributed by atoms with E-state index in [2.05, 4.69) is 5.10 Å². The van der Waals surface area contributed by atoms with Gasteiger partial charge in [0.05, 0.1) is 0 Å². The van der Waals surface area contributed by atoms with Gasteiger partial charge in [-0.1, -0.05) is 37.3 Å². The summed E-state index contributed by atoms with van der Waals surface area (Å²) in [6.45, 7) is 3.39. The summed E-state index contributed by atoms with van der Waals surface area (Å²) in [6.07, 6.45) is 0.533. The van der Waals surface area contributed by atoms with E-state index in [-0.39, 0.29) is 11.7 Å². The first-order valence-corrected chi connectivity index (χ1v) is 7.46.